The lowest BCUT2D eigenvalue weighted by Gasteiger charge is -2.13. The Morgan fingerprint density at radius 3 is 2.59 bits per heavy atom. The number of allylic oxidation sites excluding steroid dienone is 2. The summed E-state index contributed by atoms with van der Waals surface area (Å²) in [4.78, 5) is 12.4. The van der Waals surface area contributed by atoms with Crippen LogP contribution in [0, 0.1) is 17.4 Å². The molecule has 5 heteroatoms. The van der Waals surface area contributed by atoms with Gasteiger partial charge >= 0.3 is 0 Å². The SMILES string of the molecule is COc1oc([C@H]2C/C(=C/C(C)=C/c3ccc(I)cc3)CO2)c(C)c(=O)c1C. The van der Waals surface area contributed by atoms with Gasteiger partial charge in [-0.15, -0.1) is 0 Å². The summed E-state index contributed by atoms with van der Waals surface area (Å²) in [6.45, 7) is 6.10. The van der Waals surface area contributed by atoms with Crippen LogP contribution < -0.4 is 10.2 Å². The summed E-state index contributed by atoms with van der Waals surface area (Å²) in [5, 5.41) is 0. The van der Waals surface area contributed by atoms with Gasteiger partial charge in [-0.25, -0.2) is 0 Å². The maximum absolute atomic E-state index is 12.4. The van der Waals surface area contributed by atoms with Gasteiger partial charge in [-0.2, -0.15) is 0 Å². The van der Waals surface area contributed by atoms with Gasteiger partial charge in [0, 0.05) is 15.6 Å². The van der Waals surface area contributed by atoms with Crippen LogP contribution in [0.15, 0.2) is 50.7 Å². The van der Waals surface area contributed by atoms with Gasteiger partial charge in [0.1, 0.15) is 11.9 Å². The molecule has 4 nitrogen and oxygen atoms in total. The fourth-order valence-electron chi connectivity index (χ4n) is 3.26. The predicted molar refractivity (Wildman–Crippen MR) is 115 cm³/mol. The van der Waals surface area contributed by atoms with Crippen molar-refractivity contribution in [3.8, 4) is 5.95 Å². The van der Waals surface area contributed by atoms with E-state index in [0.29, 0.717) is 29.9 Å². The standard InChI is InChI=1S/C22H23IO4/c1-13(9-16-5-7-18(23)8-6-16)10-17-11-19(26-12-17)21-14(2)20(24)15(3)22(25-4)27-21/h5-10,19H,11-12H2,1-4H3/b13-9+,17-10-/t19-/m1/s1. The van der Waals surface area contributed by atoms with Gasteiger partial charge in [-0.3, -0.25) is 4.79 Å². The minimum atomic E-state index is -0.260. The highest BCUT2D eigenvalue weighted by atomic mass is 127. The Hall–Kier alpha value is -1.86. The first-order valence-electron chi connectivity index (χ1n) is 8.82. The molecule has 1 saturated heterocycles. The summed E-state index contributed by atoms with van der Waals surface area (Å²) in [5.74, 6) is 0.821. The fraction of sp³-hybridized carbons (Fsp3) is 0.318. The minimum Gasteiger partial charge on any atom is -0.468 e. The molecule has 1 aromatic heterocycles. The molecule has 3 rings (SSSR count). The molecule has 1 aliphatic rings. The summed E-state index contributed by atoms with van der Waals surface area (Å²) in [6, 6.07) is 8.40. The predicted octanol–water partition coefficient (Wildman–Crippen LogP) is 5.36. The Morgan fingerprint density at radius 2 is 1.93 bits per heavy atom. The van der Waals surface area contributed by atoms with E-state index in [0.717, 1.165) is 5.57 Å². The zero-order valence-electron chi connectivity index (χ0n) is 16.0. The second kappa shape index (κ2) is 8.44. The highest BCUT2D eigenvalue weighted by Gasteiger charge is 2.28. The lowest BCUT2D eigenvalue weighted by Crippen LogP contribution is -2.15. The molecular weight excluding hydrogens is 455 g/mol. The zero-order valence-corrected chi connectivity index (χ0v) is 18.1. The average molecular weight is 478 g/mol. The minimum absolute atomic E-state index is 0.0519. The quantitative estimate of drug-likeness (QED) is 0.556. The van der Waals surface area contributed by atoms with Crippen LogP contribution in [0.4, 0.5) is 0 Å². The molecule has 0 saturated carbocycles. The normalized spacial score (nSPS) is 18.9. The van der Waals surface area contributed by atoms with E-state index >= 15 is 0 Å². The van der Waals surface area contributed by atoms with E-state index < -0.39 is 0 Å². The molecule has 1 aliphatic heterocycles. The molecule has 1 fully saturated rings. The molecule has 0 amide bonds. The van der Waals surface area contributed by atoms with Gasteiger partial charge in [-0.1, -0.05) is 29.9 Å². The third kappa shape index (κ3) is 4.52. The Kier molecular flexibility index (Phi) is 6.22. The summed E-state index contributed by atoms with van der Waals surface area (Å²) < 4.78 is 18.2. The van der Waals surface area contributed by atoms with Crippen molar-refractivity contribution < 1.29 is 13.9 Å². The highest BCUT2D eigenvalue weighted by Crippen LogP contribution is 2.35. The molecule has 1 aromatic carbocycles. The first kappa shape index (κ1) is 19.9. The van der Waals surface area contributed by atoms with Crippen LogP contribution in [-0.2, 0) is 4.74 Å². The lowest BCUT2D eigenvalue weighted by molar-refractivity contribution is 0.0880. The van der Waals surface area contributed by atoms with Crippen molar-refractivity contribution >= 4 is 28.7 Å². The van der Waals surface area contributed by atoms with Crippen molar-refractivity contribution in [3.05, 3.63) is 77.7 Å². The van der Waals surface area contributed by atoms with E-state index in [9.17, 15) is 4.79 Å². The van der Waals surface area contributed by atoms with Crippen LogP contribution in [0.3, 0.4) is 0 Å². The average Bonchev–Trinajstić information content (AvgIpc) is 3.10. The van der Waals surface area contributed by atoms with Crippen molar-refractivity contribution in [2.45, 2.75) is 33.3 Å². The summed E-state index contributed by atoms with van der Waals surface area (Å²) >= 11 is 2.30. The summed E-state index contributed by atoms with van der Waals surface area (Å²) in [7, 11) is 1.50. The van der Waals surface area contributed by atoms with Crippen LogP contribution in [0.25, 0.3) is 6.08 Å². The number of methoxy groups -OCH3 is 1. The van der Waals surface area contributed by atoms with E-state index in [1.54, 1.807) is 13.8 Å². The molecule has 0 spiro atoms. The first-order valence-corrected chi connectivity index (χ1v) is 9.90. The van der Waals surface area contributed by atoms with Crippen LogP contribution in [0.1, 0.15) is 41.9 Å². The van der Waals surface area contributed by atoms with Crippen molar-refractivity contribution in [1.82, 2.24) is 0 Å². The monoisotopic (exact) mass is 478 g/mol. The van der Waals surface area contributed by atoms with Gasteiger partial charge in [0.15, 0.2) is 5.43 Å². The number of halogens is 1. The smallest absolute Gasteiger partial charge is 0.291 e. The van der Waals surface area contributed by atoms with E-state index in [-0.39, 0.29) is 17.5 Å². The van der Waals surface area contributed by atoms with E-state index in [2.05, 4.69) is 65.9 Å². The molecular formula is C22H23IO4. The fourth-order valence-corrected chi connectivity index (χ4v) is 3.62. The molecule has 142 valence electrons. The lowest BCUT2D eigenvalue weighted by atomic mass is 10.0. The van der Waals surface area contributed by atoms with Crippen LogP contribution in [0.5, 0.6) is 5.95 Å². The molecule has 0 radical (unpaired) electrons. The number of benzene rings is 1. The maximum Gasteiger partial charge on any atom is 0.291 e. The van der Waals surface area contributed by atoms with Gasteiger partial charge < -0.3 is 13.9 Å². The van der Waals surface area contributed by atoms with Crippen molar-refractivity contribution in [1.29, 1.82) is 0 Å². The van der Waals surface area contributed by atoms with E-state index in [4.69, 9.17) is 13.9 Å². The van der Waals surface area contributed by atoms with Gasteiger partial charge in [0.05, 0.1) is 19.3 Å². The third-order valence-electron chi connectivity index (χ3n) is 4.65. The number of hydrogen-bond donors (Lipinski definition) is 0. The van der Waals surface area contributed by atoms with Crippen molar-refractivity contribution in [2.24, 2.45) is 0 Å². The Labute approximate surface area is 173 Å². The largest absolute Gasteiger partial charge is 0.468 e. The highest BCUT2D eigenvalue weighted by molar-refractivity contribution is 14.1. The summed E-state index contributed by atoms with van der Waals surface area (Å²) in [5.41, 5.74) is 4.54. The van der Waals surface area contributed by atoms with Crippen LogP contribution in [0.2, 0.25) is 0 Å². The second-order valence-corrected chi connectivity index (χ2v) is 8.03. The molecule has 0 unspecified atom stereocenters. The molecule has 1 atom stereocenters. The molecule has 27 heavy (non-hydrogen) atoms. The molecule has 0 aliphatic carbocycles. The Morgan fingerprint density at radius 1 is 1.22 bits per heavy atom. The topological polar surface area (TPSA) is 48.7 Å². The second-order valence-electron chi connectivity index (χ2n) is 6.78. The maximum atomic E-state index is 12.4. The van der Waals surface area contributed by atoms with Crippen molar-refractivity contribution in [3.63, 3.8) is 0 Å². The van der Waals surface area contributed by atoms with Gasteiger partial charge in [0.2, 0.25) is 0 Å². The molecule has 2 aromatic rings. The summed E-state index contributed by atoms with van der Waals surface area (Å²) in [6.07, 6.45) is 4.74. The number of hydrogen-bond acceptors (Lipinski definition) is 4. The third-order valence-corrected chi connectivity index (χ3v) is 5.37. The van der Waals surface area contributed by atoms with E-state index in [1.165, 1.54) is 21.8 Å². The Balaban J connectivity index is 1.81. The molecule has 0 bridgehead atoms. The van der Waals surface area contributed by atoms with Crippen LogP contribution >= 0.6 is 22.6 Å². The first-order chi connectivity index (χ1) is 12.9. The van der Waals surface area contributed by atoms with Gasteiger partial charge in [-0.05, 0) is 66.6 Å². The van der Waals surface area contributed by atoms with Crippen molar-refractivity contribution in [2.75, 3.05) is 13.7 Å². The van der Waals surface area contributed by atoms with Crippen LogP contribution in [-0.4, -0.2) is 13.7 Å². The molecule has 2 heterocycles. The van der Waals surface area contributed by atoms with E-state index in [1.807, 2.05) is 0 Å². The Bertz CT molecular complexity index is 952. The molecule has 0 N–H and O–H groups in total. The zero-order chi connectivity index (χ0) is 19.6. The number of rotatable bonds is 4. The van der Waals surface area contributed by atoms with Gasteiger partial charge in [0.25, 0.3) is 5.95 Å². The number of ether oxygens (including phenoxy) is 2.